The maximum absolute atomic E-state index is 13.7. The molecule has 1 heterocycles. The molecule has 1 aliphatic carbocycles. The number of rotatable bonds is 5. The fraction of sp³-hybridized carbons (Fsp3) is 0.250. The second-order valence-corrected chi connectivity index (χ2v) is 11.0. The highest BCUT2D eigenvalue weighted by molar-refractivity contribution is 9.10. The third-order valence-electron chi connectivity index (χ3n) is 6.73. The molecule has 35 heavy (non-hydrogen) atoms. The fourth-order valence-corrected chi connectivity index (χ4v) is 5.57. The molecule has 2 aliphatic rings. The van der Waals surface area contributed by atoms with Crippen LogP contribution in [-0.2, 0) is 16.0 Å². The lowest BCUT2D eigenvalue weighted by Crippen LogP contribution is -2.44. The molecule has 5 nitrogen and oxygen atoms in total. The molecule has 178 valence electrons. The summed E-state index contributed by atoms with van der Waals surface area (Å²) in [4.78, 5) is 32.6. The highest BCUT2D eigenvalue weighted by atomic mass is 79.9. The Labute approximate surface area is 221 Å². The van der Waals surface area contributed by atoms with E-state index in [-0.39, 0.29) is 5.54 Å². The normalized spacial score (nSPS) is 16.0. The first kappa shape index (κ1) is 23.9. The van der Waals surface area contributed by atoms with Gasteiger partial charge in [-0.3, -0.25) is 14.6 Å². The van der Waals surface area contributed by atoms with E-state index < -0.39 is 17.7 Å². The third-order valence-corrected chi connectivity index (χ3v) is 7.78. The minimum Gasteiger partial charge on any atom is -0.325 e. The van der Waals surface area contributed by atoms with Crippen LogP contribution in [0.3, 0.4) is 0 Å². The van der Waals surface area contributed by atoms with Crippen LogP contribution in [0.15, 0.2) is 86.7 Å². The number of benzene rings is 3. The number of carbonyl (C=O) groups excluding carboxylic acids is 2. The van der Waals surface area contributed by atoms with Gasteiger partial charge in [-0.25, -0.2) is 0 Å². The quantitative estimate of drug-likeness (QED) is 0.320. The molecule has 2 N–H and O–H groups in total. The molecule has 0 unspecified atom stereocenters. The molecule has 3 aromatic carbocycles. The number of hydrogen-bond donors (Lipinski definition) is 2. The SMILES string of the molecule is O=C(Nc1ccc(Br)cc1)C(C(=O)Nc1ccc(Br)cc1)C1=NC2(CCCC2)Cc2ccccc21. The summed E-state index contributed by atoms with van der Waals surface area (Å²) in [6, 6.07) is 22.7. The summed E-state index contributed by atoms with van der Waals surface area (Å²) in [5.41, 5.74) is 3.60. The predicted molar refractivity (Wildman–Crippen MR) is 147 cm³/mol. The summed E-state index contributed by atoms with van der Waals surface area (Å²) >= 11 is 6.84. The molecule has 1 saturated carbocycles. The molecule has 0 bridgehead atoms. The molecule has 1 spiro atoms. The maximum Gasteiger partial charge on any atom is 0.243 e. The number of fused-ring (bicyclic) bond motifs is 1. The van der Waals surface area contributed by atoms with Crippen molar-refractivity contribution in [2.24, 2.45) is 10.9 Å². The number of aliphatic imine (C=N–C) groups is 1. The molecule has 0 saturated heterocycles. The van der Waals surface area contributed by atoms with E-state index in [2.05, 4.69) is 48.6 Å². The van der Waals surface area contributed by atoms with Crippen molar-refractivity contribution in [1.29, 1.82) is 0 Å². The topological polar surface area (TPSA) is 70.6 Å². The molecule has 5 rings (SSSR count). The van der Waals surface area contributed by atoms with Crippen LogP contribution in [0.5, 0.6) is 0 Å². The van der Waals surface area contributed by atoms with Gasteiger partial charge in [0, 0.05) is 25.9 Å². The van der Waals surface area contributed by atoms with E-state index in [1.54, 1.807) is 24.3 Å². The zero-order valence-corrected chi connectivity index (χ0v) is 22.2. The Kier molecular flexibility index (Phi) is 6.89. The van der Waals surface area contributed by atoms with Crippen LogP contribution < -0.4 is 10.6 Å². The second kappa shape index (κ2) is 10.1. The Hall–Kier alpha value is -2.77. The van der Waals surface area contributed by atoms with Crippen LogP contribution in [0.4, 0.5) is 11.4 Å². The molecular weight excluding hydrogens is 570 g/mol. The van der Waals surface area contributed by atoms with Crippen LogP contribution in [0.25, 0.3) is 0 Å². The summed E-state index contributed by atoms with van der Waals surface area (Å²) in [6.07, 6.45) is 5.02. The number of halogens is 2. The lowest BCUT2D eigenvalue weighted by Gasteiger charge is -2.34. The van der Waals surface area contributed by atoms with Crippen LogP contribution in [0.1, 0.15) is 36.8 Å². The largest absolute Gasteiger partial charge is 0.325 e. The minimum atomic E-state index is -1.10. The predicted octanol–water partition coefficient (Wildman–Crippen LogP) is 6.76. The highest BCUT2D eigenvalue weighted by Gasteiger charge is 2.42. The summed E-state index contributed by atoms with van der Waals surface area (Å²) < 4.78 is 1.82. The molecule has 0 atom stereocenters. The van der Waals surface area contributed by atoms with E-state index in [1.165, 1.54) is 0 Å². The van der Waals surface area contributed by atoms with Crippen molar-refractivity contribution in [2.45, 2.75) is 37.6 Å². The number of hydrogen-bond acceptors (Lipinski definition) is 3. The van der Waals surface area contributed by atoms with Crippen molar-refractivity contribution in [3.8, 4) is 0 Å². The standard InChI is InChI=1S/C28H25Br2N3O2/c29-19-7-11-21(12-8-19)31-26(34)24(27(35)32-22-13-9-20(30)10-14-22)25-23-6-2-1-5-18(23)17-28(33-25)15-3-4-16-28/h1-2,5-14,24H,3-4,15-17H2,(H,31,34)(H,32,35). The van der Waals surface area contributed by atoms with Gasteiger partial charge >= 0.3 is 0 Å². The first-order valence-electron chi connectivity index (χ1n) is 11.7. The van der Waals surface area contributed by atoms with E-state index >= 15 is 0 Å². The number of nitrogens with one attached hydrogen (secondary N) is 2. The van der Waals surface area contributed by atoms with Gasteiger partial charge < -0.3 is 10.6 Å². The van der Waals surface area contributed by atoms with Crippen molar-refractivity contribution in [3.05, 3.63) is 92.9 Å². The lowest BCUT2D eigenvalue weighted by atomic mass is 9.80. The molecular formula is C28H25Br2N3O2. The van der Waals surface area contributed by atoms with Gasteiger partial charge in [-0.2, -0.15) is 0 Å². The molecule has 7 heteroatoms. The van der Waals surface area contributed by atoms with Crippen LogP contribution in [0.2, 0.25) is 0 Å². The van der Waals surface area contributed by atoms with Crippen molar-refractivity contribution >= 4 is 60.8 Å². The second-order valence-electron chi connectivity index (χ2n) is 9.19. The monoisotopic (exact) mass is 593 g/mol. The van der Waals surface area contributed by atoms with Crippen LogP contribution in [-0.4, -0.2) is 23.1 Å². The van der Waals surface area contributed by atoms with Crippen molar-refractivity contribution in [3.63, 3.8) is 0 Å². The average Bonchev–Trinajstić information content (AvgIpc) is 3.29. The smallest absolute Gasteiger partial charge is 0.243 e. The first-order valence-corrected chi connectivity index (χ1v) is 13.3. The minimum absolute atomic E-state index is 0.238. The van der Waals surface area contributed by atoms with E-state index in [0.717, 1.165) is 52.2 Å². The Morgan fingerprint density at radius 1 is 0.771 bits per heavy atom. The van der Waals surface area contributed by atoms with Gasteiger partial charge in [0.25, 0.3) is 0 Å². The van der Waals surface area contributed by atoms with Crippen molar-refractivity contribution in [2.75, 3.05) is 10.6 Å². The lowest BCUT2D eigenvalue weighted by molar-refractivity contribution is -0.126. The fourth-order valence-electron chi connectivity index (χ4n) is 5.04. The summed E-state index contributed by atoms with van der Waals surface area (Å²) in [5.74, 6) is -1.89. The number of nitrogens with zero attached hydrogens (tertiary/aromatic N) is 1. The Balaban J connectivity index is 1.55. The zero-order valence-electron chi connectivity index (χ0n) is 19.1. The van der Waals surface area contributed by atoms with Gasteiger partial charge in [-0.05, 0) is 73.4 Å². The van der Waals surface area contributed by atoms with E-state index in [4.69, 9.17) is 4.99 Å². The van der Waals surface area contributed by atoms with Gasteiger partial charge in [0.05, 0.1) is 11.3 Å². The van der Waals surface area contributed by atoms with Crippen LogP contribution in [0, 0.1) is 5.92 Å². The Bertz CT molecular complexity index is 1220. The van der Waals surface area contributed by atoms with Gasteiger partial charge in [0.2, 0.25) is 11.8 Å². The highest BCUT2D eigenvalue weighted by Crippen LogP contribution is 2.41. The van der Waals surface area contributed by atoms with E-state index in [0.29, 0.717) is 17.1 Å². The molecule has 2 amide bonds. The Morgan fingerprint density at radius 3 is 1.83 bits per heavy atom. The number of carbonyl (C=O) groups is 2. The van der Waals surface area contributed by atoms with E-state index in [1.807, 2.05) is 42.5 Å². The third kappa shape index (κ3) is 5.26. The first-order chi connectivity index (χ1) is 16.9. The summed E-state index contributed by atoms with van der Waals surface area (Å²) in [5, 5.41) is 5.89. The van der Waals surface area contributed by atoms with Gasteiger partial charge in [0.15, 0.2) is 5.92 Å². The summed E-state index contributed by atoms with van der Waals surface area (Å²) in [7, 11) is 0. The van der Waals surface area contributed by atoms with Gasteiger partial charge in [0.1, 0.15) is 0 Å². The molecule has 1 fully saturated rings. The summed E-state index contributed by atoms with van der Waals surface area (Å²) in [6.45, 7) is 0. The van der Waals surface area contributed by atoms with Gasteiger partial charge in [-0.15, -0.1) is 0 Å². The molecule has 0 radical (unpaired) electrons. The molecule has 1 aliphatic heterocycles. The maximum atomic E-state index is 13.7. The van der Waals surface area contributed by atoms with E-state index in [9.17, 15) is 9.59 Å². The number of anilines is 2. The molecule has 3 aromatic rings. The number of amides is 2. The van der Waals surface area contributed by atoms with Crippen LogP contribution >= 0.6 is 31.9 Å². The zero-order chi connectivity index (χ0) is 24.4. The van der Waals surface area contributed by atoms with Crippen molar-refractivity contribution < 1.29 is 9.59 Å². The van der Waals surface area contributed by atoms with Gasteiger partial charge in [-0.1, -0.05) is 69.0 Å². The Morgan fingerprint density at radius 2 is 1.29 bits per heavy atom. The van der Waals surface area contributed by atoms with Crippen molar-refractivity contribution in [1.82, 2.24) is 0 Å². The molecule has 0 aromatic heterocycles. The average molecular weight is 595 g/mol.